The molecule has 2 aromatic rings. The summed E-state index contributed by atoms with van der Waals surface area (Å²) in [5.41, 5.74) is 2.06. The second kappa shape index (κ2) is 4.69. The standard InChI is InChI=1S/C14H20N4/c1-3-9-18-13(11-6-8-15-10(11)2)17-12-5-4-7-16-14(12)18/h4-5,7,10-11,15H,3,6,8-9H2,1-2H3. The van der Waals surface area contributed by atoms with Crippen molar-refractivity contribution in [2.75, 3.05) is 6.54 Å². The second-order valence-corrected chi connectivity index (χ2v) is 5.11. The average Bonchev–Trinajstić information content (AvgIpc) is 2.94. The first-order valence-corrected chi connectivity index (χ1v) is 6.85. The highest BCUT2D eigenvalue weighted by atomic mass is 15.1. The lowest BCUT2D eigenvalue weighted by atomic mass is 10.0. The highest BCUT2D eigenvalue weighted by Crippen LogP contribution is 2.29. The number of aryl methyl sites for hydroxylation is 1. The molecule has 0 bridgehead atoms. The first-order chi connectivity index (χ1) is 8.81. The largest absolute Gasteiger partial charge is 0.314 e. The lowest BCUT2D eigenvalue weighted by molar-refractivity contribution is 0.530. The summed E-state index contributed by atoms with van der Waals surface area (Å²) in [4.78, 5) is 9.32. The highest BCUT2D eigenvalue weighted by Gasteiger charge is 2.29. The zero-order valence-corrected chi connectivity index (χ0v) is 11.1. The van der Waals surface area contributed by atoms with E-state index in [-0.39, 0.29) is 0 Å². The molecular weight excluding hydrogens is 224 g/mol. The Morgan fingerprint density at radius 1 is 1.50 bits per heavy atom. The molecule has 3 rings (SSSR count). The molecular formula is C14H20N4. The van der Waals surface area contributed by atoms with Crippen LogP contribution in [-0.4, -0.2) is 27.1 Å². The molecule has 2 atom stereocenters. The number of aromatic nitrogens is 3. The summed E-state index contributed by atoms with van der Waals surface area (Å²) < 4.78 is 2.31. The maximum atomic E-state index is 4.82. The topological polar surface area (TPSA) is 42.7 Å². The van der Waals surface area contributed by atoms with Gasteiger partial charge in [0.05, 0.1) is 0 Å². The number of nitrogens with one attached hydrogen (secondary N) is 1. The van der Waals surface area contributed by atoms with E-state index in [1.165, 1.54) is 12.2 Å². The van der Waals surface area contributed by atoms with E-state index in [9.17, 15) is 0 Å². The number of fused-ring (bicyclic) bond motifs is 1. The van der Waals surface area contributed by atoms with E-state index in [0.29, 0.717) is 12.0 Å². The second-order valence-electron chi connectivity index (χ2n) is 5.11. The van der Waals surface area contributed by atoms with Crippen LogP contribution in [-0.2, 0) is 6.54 Å². The lowest BCUT2D eigenvalue weighted by Crippen LogP contribution is -2.23. The van der Waals surface area contributed by atoms with Crippen LogP contribution in [0.1, 0.15) is 38.4 Å². The van der Waals surface area contributed by atoms with E-state index >= 15 is 0 Å². The summed E-state index contributed by atoms with van der Waals surface area (Å²) in [7, 11) is 0. The van der Waals surface area contributed by atoms with E-state index in [2.05, 4.69) is 34.8 Å². The molecule has 1 aliphatic heterocycles. The van der Waals surface area contributed by atoms with Crippen LogP contribution in [0, 0.1) is 0 Å². The number of hydrogen-bond acceptors (Lipinski definition) is 3. The third-order valence-corrected chi connectivity index (χ3v) is 3.84. The molecule has 4 nitrogen and oxygen atoms in total. The zero-order chi connectivity index (χ0) is 12.5. The summed E-state index contributed by atoms with van der Waals surface area (Å²) in [5.74, 6) is 1.73. The van der Waals surface area contributed by atoms with Crippen LogP contribution >= 0.6 is 0 Å². The van der Waals surface area contributed by atoms with Gasteiger partial charge in [-0.1, -0.05) is 6.92 Å². The Kier molecular flexibility index (Phi) is 3.04. The third kappa shape index (κ3) is 1.81. The van der Waals surface area contributed by atoms with Gasteiger partial charge in [-0.25, -0.2) is 9.97 Å². The molecule has 0 amide bonds. The third-order valence-electron chi connectivity index (χ3n) is 3.84. The average molecular weight is 244 g/mol. The number of pyridine rings is 1. The van der Waals surface area contributed by atoms with Crippen molar-refractivity contribution >= 4 is 11.2 Å². The molecule has 1 N–H and O–H groups in total. The summed E-state index contributed by atoms with van der Waals surface area (Å²) in [6.07, 6.45) is 4.15. The van der Waals surface area contributed by atoms with Crippen LogP contribution in [0.15, 0.2) is 18.3 Å². The van der Waals surface area contributed by atoms with Crippen LogP contribution in [0.3, 0.4) is 0 Å². The van der Waals surface area contributed by atoms with Gasteiger partial charge in [0.15, 0.2) is 5.65 Å². The molecule has 1 aliphatic rings. The Morgan fingerprint density at radius 3 is 3.11 bits per heavy atom. The Labute approximate surface area is 107 Å². The van der Waals surface area contributed by atoms with Gasteiger partial charge in [-0.2, -0.15) is 0 Å². The molecule has 4 heteroatoms. The van der Waals surface area contributed by atoms with Crippen molar-refractivity contribution < 1.29 is 0 Å². The smallest absolute Gasteiger partial charge is 0.159 e. The molecule has 96 valence electrons. The highest BCUT2D eigenvalue weighted by molar-refractivity contribution is 5.71. The van der Waals surface area contributed by atoms with Crippen LogP contribution < -0.4 is 5.32 Å². The minimum atomic E-state index is 0.511. The first-order valence-electron chi connectivity index (χ1n) is 6.85. The van der Waals surface area contributed by atoms with Crippen LogP contribution in [0.2, 0.25) is 0 Å². The van der Waals surface area contributed by atoms with E-state index < -0.39 is 0 Å². The fourth-order valence-corrected chi connectivity index (χ4v) is 2.91. The predicted octanol–water partition coefficient (Wildman–Crippen LogP) is 2.31. The van der Waals surface area contributed by atoms with Crippen molar-refractivity contribution in [2.45, 2.75) is 45.2 Å². The van der Waals surface area contributed by atoms with Gasteiger partial charge in [-0.3, -0.25) is 0 Å². The number of nitrogens with zero attached hydrogens (tertiary/aromatic N) is 3. The van der Waals surface area contributed by atoms with Crippen LogP contribution in [0.4, 0.5) is 0 Å². The molecule has 0 radical (unpaired) electrons. The monoisotopic (exact) mass is 244 g/mol. The van der Waals surface area contributed by atoms with Crippen LogP contribution in [0.5, 0.6) is 0 Å². The van der Waals surface area contributed by atoms with Crippen molar-refractivity contribution in [2.24, 2.45) is 0 Å². The molecule has 0 aromatic carbocycles. The van der Waals surface area contributed by atoms with E-state index in [4.69, 9.17) is 4.98 Å². The first kappa shape index (κ1) is 11.7. The van der Waals surface area contributed by atoms with Gasteiger partial charge >= 0.3 is 0 Å². The maximum absolute atomic E-state index is 4.82. The fourth-order valence-electron chi connectivity index (χ4n) is 2.91. The van der Waals surface area contributed by atoms with Gasteiger partial charge in [-0.15, -0.1) is 0 Å². The molecule has 1 fully saturated rings. The zero-order valence-electron chi connectivity index (χ0n) is 11.1. The Hall–Kier alpha value is -1.42. The van der Waals surface area contributed by atoms with Crippen molar-refractivity contribution in [1.29, 1.82) is 0 Å². The Balaban J connectivity index is 2.12. The Bertz CT molecular complexity index is 546. The molecule has 3 heterocycles. The maximum Gasteiger partial charge on any atom is 0.159 e. The van der Waals surface area contributed by atoms with Crippen molar-refractivity contribution in [3.05, 3.63) is 24.2 Å². The molecule has 1 saturated heterocycles. The lowest BCUT2D eigenvalue weighted by Gasteiger charge is -2.16. The van der Waals surface area contributed by atoms with Crippen molar-refractivity contribution in [3.63, 3.8) is 0 Å². The van der Waals surface area contributed by atoms with Crippen molar-refractivity contribution in [3.8, 4) is 0 Å². The summed E-state index contributed by atoms with van der Waals surface area (Å²) in [5, 5.41) is 3.51. The van der Waals surface area contributed by atoms with Gasteiger partial charge < -0.3 is 9.88 Å². The van der Waals surface area contributed by atoms with Gasteiger partial charge in [0, 0.05) is 24.7 Å². The SMILES string of the molecule is CCCn1c(C2CCNC2C)nc2cccnc21. The fraction of sp³-hybridized carbons (Fsp3) is 0.571. The molecule has 0 spiro atoms. The minimum absolute atomic E-state index is 0.511. The normalized spacial score (nSPS) is 23.9. The molecule has 2 unspecified atom stereocenters. The minimum Gasteiger partial charge on any atom is -0.314 e. The van der Waals surface area contributed by atoms with Gasteiger partial charge in [0.1, 0.15) is 11.3 Å². The summed E-state index contributed by atoms with van der Waals surface area (Å²) in [6, 6.07) is 4.54. The van der Waals surface area contributed by atoms with E-state index in [1.807, 2.05) is 12.3 Å². The summed E-state index contributed by atoms with van der Waals surface area (Å²) >= 11 is 0. The van der Waals surface area contributed by atoms with Gasteiger partial charge in [0.2, 0.25) is 0 Å². The van der Waals surface area contributed by atoms with Crippen LogP contribution in [0.25, 0.3) is 11.2 Å². The van der Waals surface area contributed by atoms with E-state index in [0.717, 1.165) is 30.7 Å². The summed E-state index contributed by atoms with van der Waals surface area (Å²) in [6.45, 7) is 6.55. The quantitative estimate of drug-likeness (QED) is 0.901. The number of imidazole rings is 1. The Morgan fingerprint density at radius 2 is 2.39 bits per heavy atom. The molecule has 0 aliphatic carbocycles. The number of hydrogen-bond donors (Lipinski definition) is 1. The van der Waals surface area contributed by atoms with E-state index in [1.54, 1.807) is 0 Å². The van der Waals surface area contributed by atoms with Gasteiger partial charge in [0.25, 0.3) is 0 Å². The molecule has 0 saturated carbocycles. The van der Waals surface area contributed by atoms with Gasteiger partial charge in [-0.05, 0) is 38.4 Å². The molecule has 2 aromatic heterocycles. The number of rotatable bonds is 3. The van der Waals surface area contributed by atoms with Crippen molar-refractivity contribution in [1.82, 2.24) is 19.9 Å². The predicted molar refractivity (Wildman–Crippen MR) is 72.6 cm³/mol. The molecule has 18 heavy (non-hydrogen) atoms.